The summed E-state index contributed by atoms with van der Waals surface area (Å²) in [6, 6.07) is 14.1. The van der Waals surface area contributed by atoms with E-state index < -0.39 is 18.5 Å². The van der Waals surface area contributed by atoms with Crippen molar-refractivity contribution in [3.8, 4) is 11.5 Å². The van der Waals surface area contributed by atoms with Crippen molar-refractivity contribution in [3.63, 3.8) is 0 Å². The standard InChI is InChI=1S/C20H16BrNO6S/c21-14-6-7-16(28-12-18(23)24)13(10-14)11-17-19(25)22(20(26)29-17)8-9-27-15-4-2-1-3-5-15/h1-7,10-11H,8-9,12H2,(H,23,24)/b17-11-. The fraction of sp³-hybridized carbons (Fsp3) is 0.150. The van der Waals surface area contributed by atoms with Gasteiger partial charge in [0.05, 0.1) is 11.4 Å². The highest BCUT2D eigenvalue weighted by atomic mass is 79.9. The monoisotopic (exact) mass is 477 g/mol. The summed E-state index contributed by atoms with van der Waals surface area (Å²) in [4.78, 5) is 37.0. The molecule has 29 heavy (non-hydrogen) atoms. The van der Waals surface area contributed by atoms with E-state index in [1.807, 2.05) is 18.2 Å². The lowest BCUT2D eigenvalue weighted by molar-refractivity contribution is -0.139. The summed E-state index contributed by atoms with van der Waals surface area (Å²) in [5, 5.41) is 8.42. The topological polar surface area (TPSA) is 93.1 Å². The number of carboxylic acid groups (broad SMARTS) is 1. The molecule has 1 saturated heterocycles. The number of carboxylic acids is 1. The van der Waals surface area contributed by atoms with Crippen LogP contribution in [0.2, 0.25) is 0 Å². The third-order valence-electron chi connectivity index (χ3n) is 3.81. The zero-order chi connectivity index (χ0) is 20.8. The van der Waals surface area contributed by atoms with Crippen LogP contribution in [0, 0.1) is 0 Å². The van der Waals surface area contributed by atoms with E-state index in [0.717, 1.165) is 21.1 Å². The van der Waals surface area contributed by atoms with Gasteiger partial charge in [0, 0.05) is 10.0 Å². The minimum atomic E-state index is -1.11. The Morgan fingerprint density at radius 3 is 2.62 bits per heavy atom. The maximum Gasteiger partial charge on any atom is 0.341 e. The van der Waals surface area contributed by atoms with Crippen LogP contribution in [-0.4, -0.2) is 46.9 Å². The molecule has 0 bridgehead atoms. The predicted octanol–water partition coefficient (Wildman–Crippen LogP) is 4.03. The van der Waals surface area contributed by atoms with Crippen molar-refractivity contribution in [2.45, 2.75) is 0 Å². The summed E-state index contributed by atoms with van der Waals surface area (Å²) in [5.74, 6) is -0.586. The first-order valence-corrected chi connectivity index (χ1v) is 10.1. The summed E-state index contributed by atoms with van der Waals surface area (Å²) in [5.41, 5.74) is 0.492. The second-order valence-electron chi connectivity index (χ2n) is 5.86. The molecule has 0 spiro atoms. The van der Waals surface area contributed by atoms with Crippen molar-refractivity contribution >= 4 is 50.9 Å². The molecule has 0 radical (unpaired) electrons. The van der Waals surface area contributed by atoms with E-state index in [9.17, 15) is 14.4 Å². The molecule has 3 rings (SSSR count). The fourth-order valence-electron chi connectivity index (χ4n) is 2.51. The quantitative estimate of drug-likeness (QED) is 0.573. The van der Waals surface area contributed by atoms with Crippen LogP contribution >= 0.6 is 27.7 Å². The molecule has 1 aliphatic rings. The zero-order valence-electron chi connectivity index (χ0n) is 15.0. The van der Waals surface area contributed by atoms with Crippen molar-refractivity contribution in [1.29, 1.82) is 0 Å². The summed E-state index contributed by atoms with van der Waals surface area (Å²) in [6.07, 6.45) is 1.52. The number of halogens is 1. The SMILES string of the molecule is O=C(O)COc1ccc(Br)cc1/C=C1\SC(=O)N(CCOc2ccccc2)C1=O. The van der Waals surface area contributed by atoms with Crippen molar-refractivity contribution in [2.75, 3.05) is 19.8 Å². The average Bonchev–Trinajstić information content (AvgIpc) is 2.95. The molecule has 0 saturated carbocycles. The number of benzene rings is 2. The number of thioether (sulfide) groups is 1. The Morgan fingerprint density at radius 1 is 1.14 bits per heavy atom. The smallest absolute Gasteiger partial charge is 0.341 e. The first-order chi connectivity index (χ1) is 13.9. The molecular formula is C20H16BrNO6S. The Kier molecular flexibility index (Phi) is 6.95. The van der Waals surface area contributed by atoms with Crippen LogP contribution in [0.1, 0.15) is 5.56 Å². The number of nitrogens with zero attached hydrogens (tertiary/aromatic N) is 1. The minimum Gasteiger partial charge on any atom is -0.492 e. The molecule has 1 aliphatic heterocycles. The molecule has 150 valence electrons. The van der Waals surface area contributed by atoms with Crippen LogP contribution < -0.4 is 9.47 Å². The first kappa shape index (κ1) is 20.9. The number of amides is 2. The van der Waals surface area contributed by atoms with E-state index in [-0.39, 0.29) is 23.3 Å². The zero-order valence-corrected chi connectivity index (χ0v) is 17.4. The van der Waals surface area contributed by atoms with E-state index in [1.54, 1.807) is 30.3 Å². The first-order valence-electron chi connectivity index (χ1n) is 8.51. The molecule has 9 heteroatoms. The van der Waals surface area contributed by atoms with E-state index in [1.165, 1.54) is 6.08 Å². The van der Waals surface area contributed by atoms with Crippen LogP contribution in [0.15, 0.2) is 57.9 Å². The molecule has 0 unspecified atom stereocenters. The molecule has 1 fully saturated rings. The third kappa shape index (κ3) is 5.61. The highest BCUT2D eigenvalue weighted by Crippen LogP contribution is 2.34. The Balaban J connectivity index is 1.71. The number of imide groups is 1. The van der Waals surface area contributed by atoms with Crippen LogP contribution in [0.25, 0.3) is 6.08 Å². The van der Waals surface area contributed by atoms with Crippen LogP contribution in [0.4, 0.5) is 4.79 Å². The van der Waals surface area contributed by atoms with E-state index >= 15 is 0 Å². The number of hydrogen-bond acceptors (Lipinski definition) is 6. The van der Waals surface area contributed by atoms with Gasteiger partial charge in [-0.3, -0.25) is 14.5 Å². The van der Waals surface area contributed by atoms with Gasteiger partial charge in [-0.2, -0.15) is 0 Å². The summed E-state index contributed by atoms with van der Waals surface area (Å²) in [6.45, 7) is -0.211. The summed E-state index contributed by atoms with van der Waals surface area (Å²) in [7, 11) is 0. The lowest BCUT2D eigenvalue weighted by atomic mass is 10.2. The maximum atomic E-state index is 12.6. The van der Waals surface area contributed by atoms with Crippen LogP contribution in [-0.2, 0) is 9.59 Å². The van der Waals surface area contributed by atoms with Gasteiger partial charge in [-0.15, -0.1) is 0 Å². The minimum absolute atomic E-state index is 0.123. The van der Waals surface area contributed by atoms with Gasteiger partial charge in [-0.1, -0.05) is 34.1 Å². The lowest BCUT2D eigenvalue weighted by Gasteiger charge is -2.13. The van der Waals surface area contributed by atoms with Gasteiger partial charge in [-0.25, -0.2) is 4.79 Å². The summed E-state index contributed by atoms with van der Waals surface area (Å²) >= 11 is 4.15. The number of ether oxygens (including phenoxy) is 2. The number of rotatable bonds is 8. The molecule has 2 aromatic rings. The van der Waals surface area contributed by atoms with Gasteiger partial charge in [0.1, 0.15) is 18.1 Å². The largest absolute Gasteiger partial charge is 0.492 e. The Hall–Kier alpha value is -2.78. The van der Waals surface area contributed by atoms with Gasteiger partial charge in [0.15, 0.2) is 6.61 Å². The highest BCUT2D eigenvalue weighted by molar-refractivity contribution is 9.10. The van der Waals surface area contributed by atoms with Gasteiger partial charge in [-0.05, 0) is 48.2 Å². The van der Waals surface area contributed by atoms with E-state index in [4.69, 9.17) is 14.6 Å². The molecule has 0 atom stereocenters. The molecule has 1 heterocycles. The predicted molar refractivity (Wildman–Crippen MR) is 112 cm³/mol. The van der Waals surface area contributed by atoms with Crippen LogP contribution in [0.5, 0.6) is 11.5 Å². The molecule has 2 aromatic carbocycles. The normalized spacial score (nSPS) is 15.1. The van der Waals surface area contributed by atoms with Crippen molar-refractivity contribution < 1.29 is 29.0 Å². The van der Waals surface area contributed by atoms with Gasteiger partial charge < -0.3 is 14.6 Å². The number of aliphatic carboxylic acids is 1. The Morgan fingerprint density at radius 2 is 1.90 bits per heavy atom. The number of carbonyl (C=O) groups excluding carboxylic acids is 2. The highest BCUT2D eigenvalue weighted by Gasteiger charge is 2.35. The molecule has 2 amide bonds. The number of hydrogen-bond donors (Lipinski definition) is 1. The molecule has 0 aromatic heterocycles. The molecule has 0 aliphatic carbocycles. The number of carbonyl (C=O) groups is 3. The fourth-order valence-corrected chi connectivity index (χ4v) is 3.74. The third-order valence-corrected chi connectivity index (χ3v) is 5.21. The van der Waals surface area contributed by atoms with Crippen molar-refractivity contribution in [1.82, 2.24) is 4.90 Å². The lowest BCUT2D eigenvalue weighted by Crippen LogP contribution is -2.32. The number of para-hydroxylation sites is 1. The van der Waals surface area contributed by atoms with Gasteiger partial charge >= 0.3 is 5.97 Å². The van der Waals surface area contributed by atoms with Gasteiger partial charge in [0.25, 0.3) is 11.1 Å². The summed E-state index contributed by atoms with van der Waals surface area (Å²) < 4.78 is 11.5. The van der Waals surface area contributed by atoms with Crippen molar-refractivity contribution in [2.24, 2.45) is 0 Å². The van der Waals surface area contributed by atoms with E-state index in [0.29, 0.717) is 17.1 Å². The Bertz CT molecular complexity index is 963. The van der Waals surface area contributed by atoms with Gasteiger partial charge in [0.2, 0.25) is 0 Å². The molecule has 7 nitrogen and oxygen atoms in total. The van der Waals surface area contributed by atoms with Crippen LogP contribution in [0.3, 0.4) is 0 Å². The molecule has 1 N–H and O–H groups in total. The second-order valence-corrected chi connectivity index (χ2v) is 7.77. The maximum absolute atomic E-state index is 12.6. The van der Waals surface area contributed by atoms with Crippen molar-refractivity contribution in [3.05, 3.63) is 63.5 Å². The van der Waals surface area contributed by atoms with E-state index in [2.05, 4.69) is 15.9 Å². The molecular weight excluding hydrogens is 462 g/mol. The second kappa shape index (κ2) is 9.62. The Labute approximate surface area is 179 Å². The average molecular weight is 478 g/mol.